The van der Waals surface area contributed by atoms with Gasteiger partial charge in [0, 0.05) is 0 Å². The van der Waals surface area contributed by atoms with Gasteiger partial charge in [-0.05, 0) is 124 Å². The van der Waals surface area contributed by atoms with Crippen molar-refractivity contribution in [3.63, 3.8) is 0 Å². The van der Waals surface area contributed by atoms with Crippen LogP contribution in [-0.4, -0.2) is 99.4 Å². The summed E-state index contributed by atoms with van der Waals surface area (Å²) >= 11 is 0. The quantitative estimate of drug-likeness (QED) is 0.0264. The van der Waals surface area contributed by atoms with Crippen molar-refractivity contribution in [1.82, 2.24) is 0 Å². The highest BCUT2D eigenvalue weighted by molar-refractivity contribution is 5.71. The maximum atomic E-state index is 13.5. The Kier molecular flexibility index (Phi) is 30.6. The molecule has 590 valence electrons. The van der Waals surface area contributed by atoms with Crippen LogP contribution in [0.2, 0.25) is 0 Å². The molecule has 15 nitrogen and oxygen atoms in total. The zero-order chi connectivity index (χ0) is 76.9. The molecule has 15 heteroatoms. The van der Waals surface area contributed by atoms with Gasteiger partial charge in [-0.2, -0.15) is 0 Å². The molecule has 2 saturated heterocycles. The lowest BCUT2D eigenvalue weighted by Gasteiger charge is -2.47. The van der Waals surface area contributed by atoms with E-state index in [2.05, 4.69) is 110 Å². The Balaban J connectivity index is 0.814. The van der Waals surface area contributed by atoms with Crippen molar-refractivity contribution in [1.29, 1.82) is 0 Å². The van der Waals surface area contributed by atoms with Crippen molar-refractivity contribution in [3.05, 3.63) is 352 Å². The second kappa shape index (κ2) is 42.9. The third-order valence-electron chi connectivity index (χ3n) is 22.2. The van der Waals surface area contributed by atoms with Gasteiger partial charge in [0.15, 0.2) is 19.2 Å². The Labute approximate surface area is 667 Å². The number of rotatable bonds is 42. The molecule has 10 aromatic carbocycles. The van der Waals surface area contributed by atoms with Crippen LogP contribution in [0.1, 0.15) is 113 Å². The van der Waals surface area contributed by atoms with Gasteiger partial charge < -0.3 is 66.3 Å². The first-order chi connectivity index (χ1) is 55.9. The normalized spacial score (nSPS) is 23.5. The fraction of sp³-hybridized carbons (Fsp3) is 0.378. The second-order valence-corrected chi connectivity index (χ2v) is 30.2. The third kappa shape index (κ3) is 23.6. The van der Waals surface area contributed by atoms with E-state index in [1.807, 2.05) is 188 Å². The van der Waals surface area contributed by atoms with Gasteiger partial charge in [0.1, 0.15) is 61.2 Å². The number of hydrogen-bond donors (Lipinski definition) is 0. The molecule has 0 bridgehead atoms. The van der Waals surface area contributed by atoms with Crippen LogP contribution in [0.25, 0.3) is 0 Å². The number of ether oxygens (including phenoxy) is 14. The predicted molar refractivity (Wildman–Crippen MR) is 433 cm³/mol. The van der Waals surface area contributed by atoms with Crippen molar-refractivity contribution >= 4 is 5.97 Å². The molecule has 10 aromatic rings. The molecule has 1 saturated carbocycles. The Bertz CT molecular complexity index is 4330. The van der Waals surface area contributed by atoms with Crippen LogP contribution in [0.3, 0.4) is 0 Å². The summed E-state index contributed by atoms with van der Waals surface area (Å²) < 4.78 is 99.9. The molecular formula is C98H108O15. The summed E-state index contributed by atoms with van der Waals surface area (Å²) in [5.74, 6) is 0.511. The maximum absolute atomic E-state index is 13.5. The van der Waals surface area contributed by atoms with Crippen LogP contribution >= 0.6 is 0 Å². The lowest BCUT2D eigenvalue weighted by Crippen LogP contribution is -2.62. The molecule has 2 aliphatic carbocycles. The van der Waals surface area contributed by atoms with Crippen LogP contribution in [0, 0.1) is 17.8 Å². The number of hydrogen-bond acceptors (Lipinski definition) is 15. The Morgan fingerprint density at radius 1 is 0.389 bits per heavy atom. The van der Waals surface area contributed by atoms with E-state index in [4.69, 9.17) is 66.3 Å². The average Bonchev–Trinajstić information content (AvgIpc) is 1.61. The van der Waals surface area contributed by atoms with E-state index >= 15 is 0 Å². The standard InChI is InChI=1S/C98H108O15/c1-2-3-13-52-82(110-97-95(108-66-78-47-28-11-29-48-78)93(106-64-76-43-24-9-25-44-76)91(104-62-74-39-20-7-21-40-74)88(112-97)68-100-59-71-33-14-4-15-34-71)54-55-83-84-56-80-51-32-53-86(102-70-90(99)103-61-73-37-18-6-19-38-73)85(80)57-81(84)58-87(83)111-98-96(109-67-79-49-30-12-31-50-79)94(107-65-77-45-26-10-27-46-77)92(105-63-75-41-22-8-23-42-75)89(113-98)69-101-60-72-35-16-5-17-36-72/h4-12,14-51,53,81-84,87-89,91-98H,2-3,13,52,54-70H2,1H3/t81-,82-,83+,84-,87+,88-,89-,91-,92-,93+,94+,95-,96-,97?,98?/m1/s1. The number of carbonyl (C=O) groups excluding carboxylic acids is 1. The summed E-state index contributed by atoms with van der Waals surface area (Å²) in [5.41, 5.74) is 11.3. The highest BCUT2D eigenvalue weighted by Crippen LogP contribution is 2.51. The van der Waals surface area contributed by atoms with Crippen LogP contribution in [0.15, 0.2) is 291 Å². The molecule has 0 N–H and O–H groups in total. The van der Waals surface area contributed by atoms with Gasteiger partial charge in [-0.15, -0.1) is 0 Å². The minimum Gasteiger partial charge on any atom is -0.482 e. The van der Waals surface area contributed by atoms with E-state index in [-0.39, 0.29) is 76.2 Å². The monoisotopic (exact) mass is 1520 g/mol. The number of fused-ring (bicyclic) bond motifs is 2. The van der Waals surface area contributed by atoms with E-state index < -0.39 is 67.4 Å². The summed E-state index contributed by atoms with van der Waals surface area (Å²) in [5, 5.41) is 0. The second-order valence-electron chi connectivity index (χ2n) is 30.2. The lowest BCUT2D eigenvalue weighted by atomic mass is 9.73. The van der Waals surface area contributed by atoms with Crippen molar-refractivity contribution in [2.45, 2.75) is 198 Å². The van der Waals surface area contributed by atoms with E-state index in [0.717, 1.165) is 94.2 Å². The molecule has 3 fully saturated rings. The minimum absolute atomic E-state index is 0.0286. The smallest absolute Gasteiger partial charge is 0.344 e. The first-order valence-electron chi connectivity index (χ1n) is 40.6. The molecule has 0 amide bonds. The highest BCUT2D eigenvalue weighted by atomic mass is 16.7. The van der Waals surface area contributed by atoms with Gasteiger partial charge in [0.25, 0.3) is 0 Å². The first kappa shape index (κ1) is 80.6. The minimum atomic E-state index is -0.960. The highest BCUT2D eigenvalue weighted by Gasteiger charge is 2.54. The molecule has 0 aromatic heterocycles. The summed E-state index contributed by atoms with van der Waals surface area (Å²) in [6.45, 7) is 4.98. The molecule has 0 radical (unpaired) electrons. The molecule has 15 atom stereocenters. The molecule has 2 unspecified atom stereocenters. The van der Waals surface area contributed by atoms with Gasteiger partial charge >= 0.3 is 5.97 Å². The fourth-order valence-corrected chi connectivity index (χ4v) is 16.3. The summed E-state index contributed by atoms with van der Waals surface area (Å²) in [6, 6.07) is 97.8. The first-order valence-corrected chi connectivity index (χ1v) is 40.6. The lowest BCUT2D eigenvalue weighted by molar-refractivity contribution is -0.339. The topological polar surface area (TPSA) is 146 Å². The third-order valence-corrected chi connectivity index (χ3v) is 22.2. The number of carbonyl (C=O) groups is 1. The molecule has 2 heterocycles. The molecule has 2 aliphatic heterocycles. The van der Waals surface area contributed by atoms with Crippen LogP contribution < -0.4 is 4.74 Å². The molecule has 0 spiro atoms. The maximum Gasteiger partial charge on any atom is 0.344 e. The van der Waals surface area contributed by atoms with Crippen molar-refractivity contribution in [2.75, 3.05) is 19.8 Å². The number of unbranched alkanes of at least 4 members (excludes halogenated alkanes) is 2. The van der Waals surface area contributed by atoms with Gasteiger partial charge in [0.05, 0.1) is 78.3 Å². The van der Waals surface area contributed by atoms with Crippen LogP contribution in [0.5, 0.6) is 5.75 Å². The summed E-state index contributed by atoms with van der Waals surface area (Å²) in [4.78, 5) is 13.5. The number of esters is 1. The van der Waals surface area contributed by atoms with E-state index in [9.17, 15) is 4.79 Å². The molecule has 113 heavy (non-hydrogen) atoms. The zero-order valence-electron chi connectivity index (χ0n) is 64.8. The summed E-state index contributed by atoms with van der Waals surface area (Å²) in [6.07, 6.45) is -0.863. The Morgan fingerprint density at radius 3 is 1.19 bits per heavy atom. The Morgan fingerprint density at radius 2 is 0.770 bits per heavy atom. The largest absolute Gasteiger partial charge is 0.482 e. The van der Waals surface area contributed by atoms with E-state index in [1.54, 1.807) is 0 Å². The average molecular weight is 1530 g/mol. The van der Waals surface area contributed by atoms with Gasteiger partial charge in [-0.3, -0.25) is 0 Å². The molecular weight excluding hydrogens is 1420 g/mol. The Hall–Kier alpha value is -9.01. The van der Waals surface area contributed by atoms with Gasteiger partial charge in [0.2, 0.25) is 0 Å². The molecule has 14 rings (SSSR count). The predicted octanol–water partition coefficient (Wildman–Crippen LogP) is 18.7. The van der Waals surface area contributed by atoms with Crippen LogP contribution in [0.4, 0.5) is 0 Å². The van der Waals surface area contributed by atoms with E-state index in [1.165, 1.54) is 5.56 Å². The molecule has 4 aliphatic rings. The van der Waals surface area contributed by atoms with Gasteiger partial charge in [-0.1, -0.05) is 311 Å². The van der Waals surface area contributed by atoms with Crippen molar-refractivity contribution < 1.29 is 71.1 Å². The number of benzene rings is 10. The van der Waals surface area contributed by atoms with Gasteiger partial charge in [-0.25, -0.2) is 4.79 Å². The van der Waals surface area contributed by atoms with Crippen molar-refractivity contribution in [2.24, 2.45) is 17.8 Å². The van der Waals surface area contributed by atoms with Crippen molar-refractivity contribution in [3.8, 4) is 5.75 Å². The van der Waals surface area contributed by atoms with E-state index in [0.29, 0.717) is 58.0 Å². The SMILES string of the molecule is CCCCC[C@H](CC[C@H]1[C@@H]2Cc3cccc(OCC(=O)OCc4ccccc4)c3C[C@@H]2C[C@@H]1OC1O[C@H](COCc2ccccc2)[C@@H](OCc2ccccc2)[C@H](OCc2ccccc2)[C@H]1OCc1ccccc1)OC1O[C@H](COCc2ccccc2)[C@@H](OCc2ccccc2)[C@H](OCc2ccccc2)[C@H]1OCc1ccccc1. The zero-order valence-corrected chi connectivity index (χ0v) is 64.8. The van der Waals surface area contributed by atoms with Crippen LogP contribution in [-0.2, 0) is 139 Å². The fourth-order valence-electron chi connectivity index (χ4n) is 16.3. The summed E-state index contributed by atoms with van der Waals surface area (Å²) in [7, 11) is 0.